The number of esters is 2. The summed E-state index contributed by atoms with van der Waals surface area (Å²) in [4.78, 5) is 35.8. The van der Waals surface area contributed by atoms with E-state index in [2.05, 4.69) is 10.6 Å². The second-order valence-corrected chi connectivity index (χ2v) is 6.35. The van der Waals surface area contributed by atoms with E-state index < -0.39 is 24.0 Å². The summed E-state index contributed by atoms with van der Waals surface area (Å²) in [6.07, 6.45) is -0.0697. The summed E-state index contributed by atoms with van der Waals surface area (Å²) in [6, 6.07) is 3.72. The largest absolute Gasteiger partial charge is 0.463 e. The number of carbonyl (C=O) groups excluding carboxylic acids is 3. The Balaban J connectivity index is 2.08. The Kier molecular flexibility index (Phi) is 6.88. The molecule has 0 fully saturated rings. The zero-order chi connectivity index (χ0) is 19.3. The van der Waals surface area contributed by atoms with Gasteiger partial charge < -0.3 is 20.1 Å². The molecule has 1 aromatic rings. The number of benzene rings is 1. The van der Waals surface area contributed by atoms with E-state index in [0.717, 1.165) is 0 Å². The van der Waals surface area contributed by atoms with Crippen molar-refractivity contribution < 1.29 is 23.9 Å². The molecule has 2 amide bonds. The maximum atomic E-state index is 12.1. The lowest BCUT2D eigenvalue weighted by Gasteiger charge is -2.26. The Labute approximate surface area is 160 Å². The predicted molar refractivity (Wildman–Crippen MR) is 95.9 cm³/mol. The molecule has 1 heterocycles. The van der Waals surface area contributed by atoms with Crippen LogP contribution in [0.3, 0.4) is 0 Å². The Bertz CT molecular complexity index is 764. The van der Waals surface area contributed by atoms with Gasteiger partial charge >= 0.3 is 18.0 Å². The van der Waals surface area contributed by atoms with Crippen LogP contribution in [0.15, 0.2) is 29.5 Å². The first-order chi connectivity index (χ1) is 12.3. The van der Waals surface area contributed by atoms with E-state index in [4.69, 9.17) is 32.7 Å². The molecule has 0 radical (unpaired) electrons. The van der Waals surface area contributed by atoms with E-state index >= 15 is 0 Å². The molecular weight excluding hydrogens is 383 g/mol. The van der Waals surface area contributed by atoms with Crippen molar-refractivity contribution in [3.05, 3.63) is 45.1 Å². The van der Waals surface area contributed by atoms with Crippen LogP contribution in [0.4, 0.5) is 4.79 Å². The first kappa shape index (κ1) is 20.1. The van der Waals surface area contributed by atoms with Crippen molar-refractivity contribution in [3.8, 4) is 0 Å². The molecule has 140 valence electrons. The van der Waals surface area contributed by atoms with Crippen LogP contribution in [-0.2, 0) is 25.5 Å². The fourth-order valence-corrected chi connectivity index (χ4v) is 2.89. The third-order valence-electron chi connectivity index (χ3n) is 3.59. The predicted octanol–water partition coefficient (Wildman–Crippen LogP) is 2.60. The zero-order valence-corrected chi connectivity index (χ0v) is 15.7. The lowest BCUT2D eigenvalue weighted by atomic mass is 10.0. The van der Waals surface area contributed by atoms with Gasteiger partial charge in [0.25, 0.3) is 0 Å². The van der Waals surface area contributed by atoms with Crippen LogP contribution >= 0.6 is 23.2 Å². The average Bonchev–Trinajstić information content (AvgIpc) is 2.55. The first-order valence-corrected chi connectivity index (χ1v) is 8.64. The normalized spacial score (nSPS) is 16.6. The minimum atomic E-state index is -0.584. The van der Waals surface area contributed by atoms with Crippen molar-refractivity contribution in [1.29, 1.82) is 0 Å². The fraction of sp³-hybridized carbons (Fsp3) is 0.353. The lowest BCUT2D eigenvalue weighted by molar-refractivity contribution is -0.143. The number of carbonyl (C=O) groups is 3. The van der Waals surface area contributed by atoms with Crippen molar-refractivity contribution in [1.82, 2.24) is 10.6 Å². The minimum Gasteiger partial charge on any atom is -0.463 e. The summed E-state index contributed by atoms with van der Waals surface area (Å²) in [5.74, 6) is -1.15. The number of urea groups is 1. The van der Waals surface area contributed by atoms with Crippen LogP contribution < -0.4 is 10.6 Å². The van der Waals surface area contributed by atoms with Crippen LogP contribution in [0.25, 0.3) is 0 Å². The quantitative estimate of drug-likeness (QED) is 0.715. The van der Waals surface area contributed by atoms with Crippen molar-refractivity contribution in [2.24, 2.45) is 0 Å². The minimum absolute atomic E-state index is 0.0697. The van der Waals surface area contributed by atoms with Gasteiger partial charge in [0.1, 0.15) is 6.61 Å². The van der Waals surface area contributed by atoms with Crippen LogP contribution in [0.2, 0.25) is 10.0 Å². The van der Waals surface area contributed by atoms with Gasteiger partial charge in [0.2, 0.25) is 0 Å². The van der Waals surface area contributed by atoms with E-state index in [1.807, 2.05) is 0 Å². The van der Waals surface area contributed by atoms with Gasteiger partial charge in [0, 0.05) is 10.0 Å². The van der Waals surface area contributed by atoms with Gasteiger partial charge in [-0.15, -0.1) is 0 Å². The Hall–Kier alpha value is -2.25. The van der Waals surface area contributed by atoms with Crippen molar-refractivity contribution in [3.63, 3.8) is 0 Å². The summed E-state index contributed by atoms with van der Waals surface area (Å²) in [5, 5.41) is 5.85. The molecule has 0 saturated carbocycles. The smallest absolute Gasteiger partial charge is 0.338 e. The van der Waals surface area contributed by atoms with E-state index in [-0.39, 0.29) is 30.9 Å². The molecule has 26 heavy (non-hydrogen) atoms. The van der Waals surface area contributed by atoms with Crippen molar-refractivity contribution in [2.45, 2.75) is 26.3 Å². The molecule has 0 aliphatic carbocycles. The standard InChI is InChI=1S/C17H18Cl2N2O5/c1-3-25-16(23)15-9(2)20-17(24)21-13(15)8-26-14(22)6-10-4-5-11(18)7-12(10)19/h4-5,7,9H,3,6,8H2,1-2H3,(H2,20,21,24)/t9-/m0/s1. The zero-order valence-electron chi connectivity index (χ0n) is 14.2. The molecule has 0 saturated heterocycles. The topological polar surface area (TPSA) is 93.7 Å². The SMILES string of the molecule is CCOC(=O)C1=C(COC(=O)Cc2ccc(Cl)cc2Cl)NC(=O)N[C@H]1C. The van der Waals surface area contributed by atoms with E-state index in [9.17, 15) is 14.4 Å². The molecule has 1 aromatic carbocycles. The molecule has 2 N–H and O–H groups in total. The Morgan fingerprint density at radius 2 is 1.96 bits per heavy atom. The molecule has 0 bridgehead atoms. The highest BCUT2D eigenvalue weighted by atomic mass is 35.5. The number of amides is 2. The molecule has 2 rings (SSSR count). The summed E-state index contributed by atoms with van der Waals surface area (Å²) >= 11 is 11.9. The molecule has 0 spiro atoms. The molecule has 0 unspecified atom stereocenters. The van der Waals surface area contributed by atoms with Crippen LogP contribution in [0.1, 0.15) is 19.4 Å². The molecule has 0 aromatic heterocycles. The van der Waals surface area contributed by atoms with Gasteiger partial charge in [-0.3, -0.25) is 4.79 Å². The van der Waals surface area contributed by atoms with E-state index in [0.29, 0.717) is 15.6 Å². The highest BCUT2D eigenvalue weighted by molar-refractivity contribution is 6.35. The third-order valence-corrected chi connectivity index (χ3v) is 4.18. The highest BCUT2D eigenvalue weighted by Crippen LogP contribution is 2.22. The van der Waals surface area contributed by atoms with E-state index in [1.165, 1.54) is 6.07 Å². The van der Waals surface area contributed by atoms with Gasteiger partial charge in [-0.25, -0.2) is 9.59 Å². The van der Waals surface area contributed by atoms with Crippen molar-refractivity contribution in [2.75, 3.05) is 13.2 Å². The van der Waals surface area contributed by atoms with Gasteiger partial charge in [0.15, 0.2) is 0 Å². The molecular formula is C17H18Cl2N2O5. The van der Waals surface area contributed by atoms with Crippen molar-refractivity contribution >= 4 is 41.2 Å². The summed E-state index contributed by atoms with van der Waals surface area (Å²) in [5.41, 5.74) is 0.961. The first-order valence-electron chi connectivity index (χ1n) is 7.89. The average molecular weight is 401 g/mol. The summed E-state index contributed by atoms with van der Waals surface area (Å²) in [7, 11) is 0. The second-order valence-electron chi connectivity index (χ2n) is 5.51. The number of rotatable bonds is 6. The Morgan fingerprint density at radius 1 is 1.23 bits per heavy atom. The van der Waals surface area contributed by atoms with Gasteiger partial charge in [0.05, 0.1) is 30.3 Å². The molecule has 7 nitrogen and oxygen atoms in total. The monoisotopic (exact) mass is 400 g/mol. The van der Waals surface area contributed by atoms with Crippen LogP contribution in [0.5, 0.6) is 0 Å². The second kappa shape index (κ2) is 8.91. The van der Waals surface area contributed by atoms with E-state index in [1.54, 1.807) is 26.0 Å². The number of hydrogen-bond acceptors (Lipinski definition) is 5. The van der Waals surface area contributed by atoms with Gasteiger partial charge in [-0.05, 0) is 31.5 Å². The summed E-state index contributed by atoms with van der Waals surface area (Å²) in [6.45, 7) is 3.23. The third kappa shape index (κ3) is 5.12. The lowest BCUT2D eigenvalue weighted by Crippen LogP contribution is -2.50. The van der Waals surface area contributed by atoms with Gasteiger partial charge in [-0.2, -0.15) is 0 Å². The molecule has 1 atom stereocenters. The Morgan fingerprint density at radius 3 is 2.62 bits per heavy atom. The number of ether oxygens (including phenoxy) is 2. The molecule has 1 aliphatic heterocycles. The van der Waals surface area contributed by atoms with Gasteiger partial charge in [-0.1, -0.05) is 29.3 Å². The molecule has 9 heteroatoms. The highest BCUT2D eigenvalue weighted by Gasteiger charge is 2.30. The number of hydrogen-bond donors (Lipinski definition) is 2. The molecule has 1 aliphatic rings. The number of halogens is 2. The summed E-state index contributed by atoms with van der Waals surface area (Å²) < 4.78 is 10.2. The number of nitrogens with one attached hydrogen (secondary N) is 2. The maximum absolute atomic E-state index is 12.1. The maximum Gasteiger partial charge on any atom is 0.338 e. The van der Waals surface area contributed by atoms with Crippen LogP contribution in [0, 0.1) is 0 Å². The fourth-order valence-electron chi connectivity index (χ4n) is 2.42. The van der Waals surface area contributed by atoms with Crippen LogP contribution in [-0.4, -0.2) is 37.2 Å².